The molecule has 0 bridgehead atoms. The molecule has 8 heteroatoms. The van der Waals surface area contributed by atoms with E-state index in [9.17, 15) is 9.59 Å². The quantitative estimate of drug-likeness (QED) is 0.668. The lowest BCUT2D eigenvalue weighted by atomic mass is 10.1. The molecule has 3 aromatic rings. The second-order valence-electron chi connectivity index (χ2n) is 5.42. The Morgan fingerprint density at radius 1 is 1.25 bits per heavy atom. The third kappa shape index (κ3) is 2.78. The van der Waals surface area contributed by atoms with Gasteiger partial charge in [0.05, 0.1) is 12.3 Å². The van der Waals surface area contributed by atoms with Crippen LogP contribution >= 0.6 is 0 Å². The maximum absolute atomic E-state index is 12.4. The predicted molar refractivity (Wildman–Crippen MR) is 87.0 cm³/mol. The summed E-state index contributed by atoms with van der Waals surface area (Å²) in [6, 6.07) is 5.82. The van der Waals surface area contributed by atoms with Crippen molar-refractivity contribution in [2.75, 3.05) is 6.61 Å². The molecule has 3 rings (SSSR count). The summed E-state index contributed by atoms with van der Waals surface area (Å²) in [4.78, 5) is 28.2. The molecule has 24 heavy (non-hydrogen) atoms. The number of aryl methyl sites for hydroxylation is 2. The second-order valence-corrected chi connectivity index (χ2v) is 5.42. The van der Waals surface area contributed by atoms with E-state index in [-0.39, 0.29) is 18.7 Å². The van der Waals surface area contributed by atoms with Crippen molar-refractivity contribution < 1.29 is 9.53 Å². The Kier molecular flexibility index (Phi) is 4.11. The van der Waals surface area contributed by atoms with Gasteiger partial charge in [0.15, 0.2) is 11.2 Å². The summed E-state index contributed by atoms with van der Waals surface area (Å²) in [7, 11) is 0. The van der Waals surface area contributed by atoms with E-state index < -0.39 is 11.5 Å². The average Bonchev–Trinajstić information content (AvgIpc) is 2.98. The number of carbonyl (C=O) groups excluding carboxylic acids is 1. The molecule has 0 aliphatic heterocycles. The molecule has 0 radical (unpaired) electrons. The zero-order valence-electron chi connectivity index (χ0n) is 13.7. The molecule has 0 unspecified atom stereocenters. The smallest absolute Gasteiger partial charge is 0.326 e. The average molecular weight is 327 g/mol. The number of carbonyl (C=O) groups is 1. The molecule has 124 valence electrons. The molecular formula is C16H17N5O3. The number of esters is 1. The van der Waals surface area contributed by atoms with Gasteiger partial charge in [0, 0.05) is 0 Å². The van der Waals surface area contributed by atoms with Gasteiger partial charge in [-0.2, -0.15) is 4.68 Å². The number of nitrogens with zero attached hydrogens (tertiary/aromatic N) is 5. The van der Waals surface area contributed by atoms with E-state index in [0.29, 0.717) is 5.65 Å². The molecule has 0 saturated heterocycles. The van der Waals surface area contributed by atoms with Gasteiger partial charge in [0.2, 0.25) is 0 Å². The van der Waals surface area contributed by atoms with E-state index in [1.165, 1.54) is 15.6 Å². The molecule has 0 N–H and O–H groups in total. The monoisotopic (exact) mass is 327 g/mol. The molecule has 0 atom stereocenters. The first-order valence-electron chi connectivity index (χ1n) is 7.55. The van der Waals surface area contributed by atoms with Crippen LogP contribution in [0.4, 0.5) is 0 Å². The number of rotatable bonds is 4. The Morgan fingerprint density at radius 2 is 2.04 bits per heavy atom. The van der Waals surface area contributed by atoms with Gasteiger partial charge in [0.1, 0.15) is 12.9 Å². The van der Waals surface area contributed by atoms with E-state index in [4.69, 9.17) is 4.74 Å². The largest absolute Gasteiger partial charge is 0.465 e. The second kappa shape index (κ2) is 6.23. The summed E-state index contributed by atoms with van der Waals surface area (Å²) in [5.41, 5.74) is 3.07. The van der Waals surface area contributed by atoms with Gasteiger partial charge in [-0.3, -0.25) is 14.2 Å². The highest BCUT2D eigenvalue weighted by Crippen LogP contribution is 2.15. The maximum Gasteiger partial charge on any atom is 0.326 e. The highest BCUT2D eigenvalue weighted by Gasteiger charge is 2.15. The van der Waals surface area contributed by atoms with E-state index in [2.05, 4.69) is 15.3 Å². The van der Waals surface area contributed by atoms with Crippen molar-refractivity contribution in [2.45, 2.75) is 27.3 Å². The molecule has 0 amide bonds. The Balaban J connectivity index is 2.05. The van der Waals surface area contributed by atoms with Crippen LogP contribution in [0.25, 0.3) is 16.9 Å². The first-order chi connectivity index (χ1) is 11.5. The molecule has 0 aliphatic rings. The molecule has 0 spiro atoms. The lowest BCUT2D eigenvalue weighted by molar-refractivity contribution is -0.143. The van der Waals surface area contributed by atoms with Crippen molar-refractivity contribution in [3.8, 4) is 5.69 Å². The minimum atomic E-state index is -0.498. The topological polar surface area (TPSA) is 91.9 Å². The van der Waals surface area contributed by atoms with Crippen LogP contribution in [-0.4, -0.2) is 37.1 Å². The van der Waals surface area contributed by atoms with Gasteiger partial charge in [0.25, 0.3) is 5.56 Å². The van der Waals surface area contributed by atoms with Gasteiger partial charge in [-0.15, -0.1) is 5.10 Å². The molecule has 1 aromatic carbocycles. The van der Waals surface area contributed by atoms with Crippen molar-refractivity contribution in [1.82, 2.24) is 24.5 Å². The lowest BCUT2D eigenvalue weighted by Crippen LogP contribution is -2.26. The van der Waals surface area contributed by atoms with Crippen molar-refractivity contribution in [2.24, 2.45) is 0 Å². The van der Waals surface area contributed by atoms with Crippen LogP contribution in [0.15, 0.2) is 29.3 Å². The zero-order valence-corrected chi connectivity index (χ0v) is 13.7. The van der Waals surface area contributed by atoms with Crippen LogP contribution in [0, 0.1) is 13.8 Å². The first kappa shape index (κ1) is 15.9. The highest BCUT2D eigenvalue weighted by molar-refractivity contribution is 5.72. The Hall–Kier alpha value is -3.03. The lowest BCUT2D eigenvalue weighted by Gasteiger charge is -2.06. The summed E-state index contributed by atoms with van der Waals surface area (Å²) < 4.78 is 7.52. The summed E-state index contributed by atoms with van der Waals surface area (Å²) in [6.07, 6.45) is 1.31. The number of fused-ring (bicyclic) bond motifs is 1. The predicted octanol–water partition coefficient (Wildman–Crippen LogP) is 1.16. The maximum atomic E-state index is 12.4. The molecule has 2 heterocycles. The van der Waals surface area contributed by atoms with Crippen LogP contribution < -0.4 is 5.56 Å². The fourth-order valence-corrected chi connectivity index (χ4v) is 2.33. The third-order valence-electron chi connectivity index (χ3n) is 3.77. The molecule has 8 nitrogen and oxygen atoms in total. The minimum absolute atomic E-state index is 0.111. The van der Waals surface area contributed by atoms with Crippen LogP contribution in [0.3, 0.4) is 0 Å². The van der Waals surface area contributed by atoms with Gasteiger partial charge in [-0.25, -0.2) is 4.98 Å². The first-order valence-corrected chi connectivity index (χ1v) is 7.55. The van der Waals surface area contributed by atoms with Crippen molar-refractivity contribution in [1.29, 1.82) is 0 Å². The Morgan fingerprint density at radius 3 is 2.75 bits per heavy atom. The molecule has 2 aromatic heterocycles. The summed E-state index contributed by atoms with van der Waals surface area (Å²) >= 11 is 0. The SMILES string of the molecule is CCOC(=O)Cn1cnc2c(nnn2-c2ccc(C)c(C)c2)c1=O. The van der Waals surface area contributed by atoms with Crippen LogP contribution in [-0.2, 0) is 16.1 Å². The van der Waals surface area contributed by atoms with Crippen molar-refractivity contribution in [3.05, 3.63) is 46.0 Å². The minimum Gasteiger partial charge on any atom is -0.465 e. The van der Waals surface area contributed by atoms with Crippen LogP contribution in [0.2, 0.25) is 0 Å². The normalized spacial score (nSPS) is 11.0. The van der Waals surface area contributed by atoms with Crippen LogP contribution in [0.1, 0.15) is 18.1 Å². The van der Waals surface area contributed by atoms with Crippen molar-refractivity contribution >= 4 is 17.1 Å². The van der Waals surface area contributed by atoms with E-state index in [0.717, 1.165) is 16.8 Å². The van der Waals surface area contributed by atoms with E-state index in [1.54, 1.807) is 6.92 Å². The molecular weight excluding hydrogens is 310 g/mol. The summed E-state index contributed by atoms with van der Waals surface area (Å²) in [5, 5.41) is 7.95. The molecule has 0 fully saturated rings. The van der Waals surface area contributed by atoms with Crippen LogP contribution in [0.5, 0.6) is 0 Å². The highest BCUT2D eigenvalue weighted by atomic mass is 16.5. The van der Waals surface area contributed by atoms with Gasteiger partial charge >= 0.3 is 5.97 Å². The fraction of sp³-hybridized carbons (Fsp3) is 0.312. The molecule has 0 saturated carbocycles. The van der Waals surface area contributed by atoms with Gasteiger partial charge in [-0.1, -0.05) is 11.3 Å². The fourth-order valence-electron chi connectivity index (χ4n) is 2.33. The standard InChI is InChI=1S/C16H17N5O3/c1-4-24-13(22)8-20-9-17-15-14(16(20)23)18-19-21(15)12-6-5-10(2)11(3)7-12/h5-7,9H,4,8H2,1-3H3. The zero-order chi connectivity index (χ0) is 17.3. The van der Waals surface area contributed by atoms with E-state index in [1.807, 2.05) is 32.0 Å². The molecule has 0 aliphatic carbocycles. The number of hydrogen-bond donors (Lipinski definition) is 0. The number of hydrogen-bond acceptors (Lipinski definition) is 6. The Labute approximate surface area is 137 Å². The van der Waals surface area contributed by atoms with E-state index >= 15 is 0 Å². The van der Waals surface area contributed by atoms with Crippen molar-refractivity contribution in [3.63, 3.8) is 0 Å². The Bertz CT molecular complexity index is 973. The number of aromatic nitrogens is 5. The summed E-state index contributed by atoms with van der Waals surface area (Å²) in [6.45, 7) is 5.78. The van der Waals surface area contributed by atoms with Gasteiger partial charge < -0.3 is 4.74 Å². The van der Waals surface area contributed by atoms with Gasteiger partial charge in [-0.05, 0) is 44.0 Å². The number of ether oxygens (including phenoxy) is 1. The summed E-state index contributed by atoms with van der Waals surface area (Å²) in [5.74, 6) is -0.498. The third-order valence-corrected chi connectivity index (χ3v) is 3.77. The number of benzene rings is 1.